The minimum atomic E-state index is -4.41. The number of nitrogens with one attached hydrogen (secondary N) is 2. The molecule has 21 heavy (non-hydrogen) atoms. The molecule has 8 heteroatoms. The number of rotatable bonds is 9. The molecule has 0 saturated carbocycles. The molecule has 0 aliphatic carbocycles. The average Bonchev–Trinajstić information content (AvgIpc) is 2.45. The lowest BCUT2D eigenvalue weighted by molar-refractivity contribution is -0.137. The van der Waals surface area contributed by atoms with Gasteiger partial charge in [-0.1, -0.05) is 12.8 Å². The monoisotopic (exact) mass is 322 g/mol. The van der Waals surface area contributed by atoms with E-state index in [9.17, 15) is 13.2 Å². The molecule has 1 rings (SSSR count). The van der Waals surface area contributed by atoms with Gasteiger partial charge in [-0.05, 0) is 37.0 Å². The minimum absolute atomic E-state index is 0.00713. The predicted molar refractivity (Wildman–Crippen MR) is 82.4 cm³/mol. The summed E-state index contributed by atoms with van der Waals surface area (Å²) in [6, 6.07) is 1.88. The molecule has 0 amide bonds. The molecule has 0 aromatic carbocycles. The Morgan fingerprint density at radius 3 is 2.43 bits per heavy atom. The zero-order valence-corrected chi connectivity index (χ0v) is 12.8. The number of hydrogen-bond donors (Lipinski definition) is 3. The Labute approximate surface area is 127 Å². The van der Waals surface area contributed by atoms with Crippen LogP contribution in [0.15, 0.2) is 12.1 Å². The maximum atomic E-state index is 12.7. The van der Waals surface area contributed by atoms with E-state index in [0.717, 1.165) is 37.1 Å². The van der Waals surface area contributed by atoms with Crippen molar-refractivity contribution in [2.24, 2.45) is 5.84 Å². The van der Waals surface area contributed by atoms with Gasteiger partial charge in [0.05, 0.1) is 5.56 Å². The molecule has 0 spiro atoms. The Morgan fingerprint density at radius 2 is 1.81 bits per heavy atom. The van der Waals surface area contributed by atoms with E-state index in [-0.39, 0.29) is 11.6 Å². The van der Waals surface area contributed by atoms with Crippen molar-refractivity contribution in [2.45, 2.75) is 31.9 Å². The number of alkyl halides is 3. The third-order valence-electron chi connectivity index (χ3n) is 2.88. The van der Waals surface area contributed by atoms with Crippen molar-refractivity contribution in [2.75, 3.05) is 29.3 Å². The Hall–Kier alpha value is -1.15. The van der Waals surface area contributed by atoms with E-state index in [1.54, 1.807) is 0 Å². The molecule has 0 aliphatic heterocycles. The van der Waals surface area contributed by atoms with Gasteiger partial charge in [-0.2, -0.15) is 24.9 Å². The Bertz CT molecular complexity index is 426. The smallest absolute Gasteiger partial charge is 0.370 e. The van der Waals surface area contributed by atoms with Gasteiger partial charge in [0.25, 0.3) is 0 Å². The van der Waals surface area contributed by atoms with E-state index in [1.165, 1.54) is 6.42 Å². The summed E-state index contributed by atoms with van der Waals surface area (Å²) in [5.74, 6) is 6.47. The van der Waals surface area contributed by atoms with E-state index >= 15 is 0 Å². The van der Waals surface area contributed by atoms with Crippen molar-refractivity contribution in [3.8, 4) is 0 Å². The first-order valence-corrected chi connectivity index (χ1v) is 8.15. The molecule has 0 bridgehead atoms. The summed E-state index contributed by atoms with van der Waals surface area (Å²) in [5.41, 5.74) is 1.38. The first-order valence-electron chi connectivity index (χ1n) is 6.76. The molecule has 0 atom stereocenters. The maximum absolute atomic E-state index is 12.7. The summed E-state index contributed by atoms with van der Waals surface area (Å²) in [5, 5.41) is 2.91. The lowest BCUT2D eigenvalue weighted by Gasteiger charge is -2.12. The Kier molecular flexibility index (Phi) is 7.66. The quantitative estimate of drug-likeness (QED) is 0.367. The summed E-state index contributed by atoms with van der Waals surface area (Å²) in [6.07, 6.45) is 1.91. The fourth-order valence-electron chi connectivity index (χ4n) is 1.80. The van der Waals surface area contributed by atoms with Crippen LogP contribution in [-0.2, 0) is 6.18 Å². The molecule has 4 nitrogen and oxygen atoms in total. The lowest BCUT2D eigenvalue weighted by Crippen LogP contribution is -2.14. The first-order chi connectivity index (χ1) is 9.97. The number of nitrogens with zero attached hydrogens (tertiary/aromatic N) is 1. The van der Waals surface area contributed by atoms with Gasteiger partial charge in [0.1, 0.15) is 11.6 Å². The van der Waals surface area contributed by atoms with Crippen LogP contribution in [0.3, 0.4) is 0 Å². The highest BCUT2D eigenvalue weighted by Crippen LogP contribution is 2.31. The lowest BCUT2D eigenvalue weighted by atomic mass is 10.2. The third kappa shape index (κ3) is 6.90. The van der Waals surface area contributed by atoms with Crippen LogP contribution < -0.4 is 16.6 Å². The standard InChI is InChI=1S/C13H21F3N4S/c1-21-7-5-3-2-4-6-18-11-8-10(13(14,15)16)9-12(19-11)20-17/h8-9H,2-7,17H2,1H3,(H2,18,19,20). The van der Waals surface area contributed by atoms with Crippen molar-refractivity contribution < 1.29 is 13.2 Å². The van der Waals surface area contributed by atoms with Gasteiger partial charge in [0.15, 0.2) is 0 Å². The molecule has 1 aromatic rings. The van der Waals surface area contributed by atoms with E-state index < -0.39 is 11.7 Å². The van der Waals surface area contributed by atoms with Crippen LogP contribution in [0, 0.1) is 0 Å². The molecular formula is C13H21F3N4S. The predicted octanol–water partition coefficient (Wildman–Crippen LogP) is 3.72. The molecule has 120 valence electrons. The normalized spacial score (nSPS) is 11.5. The van der Waals surface area contributed by atoms with E-state index in [0.29, 0.717) is 6.54 Å². The SMILES string of the molecule is CSCCCCCCNc1cc(C(F)(F)F)cc(NN)n1. The molecule has 0 aliphatic rings. The summed E-state index contributed by atoms with van der Waals surface area (Å²) >= 11 is 1.82. The number of hydrazine groups is 1. The summed E-state index contributed by atoms with van der Waals surface area (Å²) < 4.78 is 38.2. The van der Waals surface area contributed by atoms with Crippen molar-refractivity contribution in [3.05, 3.63) is 17.7 Å². The summed E-state index contributed by atoms with van der Waals surface area (Å²) in [6.45, 7) is 0.595. The van der Waals surface area contributed by atoms with Gasteiger partial charge in [-0.25, -0.2) is 10.8 Å². The van der Waals surface area contributed by atoms with E-state index in [4.69, 9.17) is 5.84 Å². The second kappa shape index (κ2) is 8.99. The van der Waals surface area contributed by atoms with Crippen LogP contribution in [-0.4, -0.2) is 23.5 Å². The average molecular weight is 322 g/mol. The Balaban J connectivity index is 2.47. The number of thioether (sulfide) groups is 1. The van der Waals surface area contributed by atoms with Crippen LogP contribution in [0.2, 0.25) is 0 Å². The van der Waals surface area contributed by atoms with Crippen LogP contribution >= 0.6 is 11.8 Å². The fourth-order valence-corrected chi connectivity index (χ4v) is 2.29. The zero-order chi connectivity index (χ0) is 15.7. The van der Waals surface area contributed by atoms with Crippen LogP contribution in [0.5, 0.6) is 0 Å². The van der Waals surface area contributed by atoms with Gasteiger partial charge in [0.2, 0.25) is 0 Å². The van der Waals surface area contributed by atoms with Crippen LogP contribution in [0.1, 0.15) is 31.2 Å². The molecule has 1 aromatic heterocycles. The topological polar surface area (TPSA) is 63.0 Å². The molecule has 0 saturated heterocycles. The van der Waals surface area contributed by atoms with Gasteiger partial charge in [-0.15, -0.1) is 0 Å². The molecule has 1 heterocycles. The largest absolute Gasteiger partial charge is 0.416 e. The number of hydrogen-bond acceptors (Lipinski definition) is 5. The van der Waals surface area contributed by atoms with Crippen molar-refractivity contribution >= 4 is 23.4 Å². The fraction of sp³-hybridized carbons (Fsp3) is 0.615. The number of unbranched alkanes of at least 4 members (excludes halogenated alkanes) is 3. The van der Waals surface area contributed by atoms with E-state index in [2.05, 4.69) is 22.0 Å². The number of halogens is 3. The molecule has 4 N–H and O–H groups in total. The number of pyridine rings is 1. The highest BCUT2D eigenvalue weighted by atomic mass is 32.2. The van der Waals surface area contributed by atoms with Crippen molar-refractivity contribution in [1.82, 2.24) is 4.98 Å². The van der Waals surface area contributed by atoms with Crippen LogP contribution in [0.4, 0.5) is 24.8 Å². The van der Waals surface area contributed by atoms with Gasteiger partial charge in [0, 0.05) is 6.54 Å². The summed E-state index contributed by atoms with van der Waals surface area (Å²) in [4.78, 5) is 3.96. The van der Waals surface area contributed by atoms with Crippen LogP contribution in [0.25, 0.3) is 0 Å². The Morgan fingerprint density at radius 1 is 1.14 bits per heavy atom. The molecule has 0 radical (unpaired) electrons. The second-order valence-corrected chi connectivity index (χ2v) is 5.59. The summed E-state index contributed by atoms with van der Waals surface area (Å²) in [7, 11) is 0. The van der Waals surface area contributed by atoms with Crippen molar-refractivity contribution in [3.63, 3.8) is 0 Å². The van der Waals surface area contributed by atoms with E-state index in [1.807, 2.05) is 11.8 Å². The second-order valence-electron chi connectivity index (χ2n) is 4.60. The zero-order valence-electron chi connectivity index (χ0n) is 12.0. The number of anilines is 2. The number of nitrogens with two attached hydrogens (primary N) is 1. The molecule has 0 unspecified atom stereocenters. The molecular weight excluding hydrogens is 301 g/mol. The highest BCUT2D eigenvalue weighted by molar-refractivity contribution is 7.98. The van der Waals surface area contributed by atoms with Gasteiger partial charge < -0.3 is 10.7 Å². The van der Waals surface area contributed by atoms with Gasteiger partial charge >= 0.3 is 6.18 Å². The highest BCUT2D eigenvalue weighted by Gasteiger charge is 2.31. The minimum Gasteiger partial charge on any atom is -0.370 e. The number of nitrogen functional groups attached to an aromatic ring is 1. The third-order valence-corrected chi connectivity index (χ3v) is 3.58. The van der Waals surface area contributed by atoms with Crippen molar-refractivity contribution in [1.29, 1.82) is 0 Å². The maximum Gasteiger partial charge on any atom is 0.416 e. The van der Waals surface area contributed by atoms with Gasteiger partial charge in [-0.3, -0.25) is 0 Å². The first kappa shape index (κ1) is 17.9. The number of aromatic nitrogens is 1. The molecule has 0 fully saturated rings.